The Morgan fingerprint density at radius 1 is 1.21 bits per heavy atom. The molecule has 1 fully saturated rings. The Hall–Kier alpha value is -2.89. The number of fused-ring (bicyclic) bond motifs is 1. The summed E-state index contributed by atoms with van der Waals surface area (Å²) in [4.78, 5) is 29.5. The molecule has 174 valence electrons. The Morgan fingerprint density at radius 2 is 1.94 bits per heavy atom. The Labute approximate surface area is 194 Å². The van der Waals surface area contributed by atoms with E-state index in [0.717, 1.165) is 16.9 Å². The second-order valence-corrected chi connectivity index (χ2v) is 10.6. The molecule has 0 spiro atoms. The quantitative estimate of drug-likeness (QED) is 0.511. The van der Waals surface area contributed by atoms with Gasteiger partial charge in [0.2, 0.25) is 10.0 Å². The third kappa shape index (κ3) is 4.61. The van der Waals surface area contributed by atoms with Crippen LogP contribution in [0.1, 0.15) is 18.4 Å². The number of benzene rings is 2. The van der Waals surface area contributed by atoms with Gasteiger partial charge in [0.1, 0.15) is 18.4 Å². The summed E-state index contributed by atoms with van der Waals surface area (Å²) in [6, 6.07) is 9.54. The zero-order valence-electron chi connectivity index (χ0n) is 18.0. The van der Waals surface area contributed by atoms with Crippen LogP contribution in [0, 0.1) is 12.7 Å². The van der Waals surface area contributed by atoms with Crippen molar-refractivity contribution in [3.05, 3.63) is 58.6 Å². The maximum atomic E-state index is 13.7. The summed E-state index contributed by atoms with van der Waals surface area (Å²) in [5.41, 5.74) is 1.45. The maximum absolute atomic E-state index is 13.7. The molecule has 4 rings (SSSR count). The van der Waals surface area contributed by atoms with Gasteiger partial charge in [0.25, 0.3) is 5.91 Å². The SMILES string of the molecule is COC(=O)Cn1c(=NC(=O)C2CCCN2S(=O)(=O)c2ccc(C)cc2)sc2cc(F)ccc21. The van der Waals surface area contributed by atoms with Crippen molar-refractivity contribution in [3.8, 4) is 0 Å². The fourth-order valence-electron chi connectivity index (χ4n) is 3.77. The lowest BCUT2D eigenvalue weighted by molar-refractivity contribution is -0.141. The van der Waals surface area contributed by atoms with Gasteiger partial charge >= 0.3 is 5.97 Å². The Kier molecular flexibility index (Phi) is 6.46. The van der Waals surface area contributed by atoms with Crippen LogP contribution >= 0.6 is 11.3 Å². The predicted molar refractivity (Wildman–Crippen MR) is 120 cm³/mol. The molecule has 3 aromatic rings. The third-order valence-corrected chi connectivity index (χ3v) is 8.45. The highest BCUT2D eigenvalue weighted by molar-refractivity contribution is 7.89. The van der Waals surface area contributed by atoms with Gasteiger partial charge < -0.3 is 9.30 Å². The summed E-state index contributed by atoms with van der Waals surface area (Å²) in [5.74, 6) is -1.65. The molecule has 8 nitrogen and oxygen atoms in total. The molecule has 33 heavy (non-hydrogen) atoms. The number of thiazole rings is 1. The molecule has 2 heterocycles. The first-order valence-electron chi connectivity index (χ1n) is 10.2. The number of halogens is 1. The molecule has 1 saturated heterocycles. The van der Waals surface area contributed by atoms with Crippen molar-refractivity contribution >= 4 is 43.5 Å². The zero-order chi connectivity index (χ0) is 23.8. The molecular weight excluding hydrogens is 469 g/mol. The number of amides is 1. The number of esters is 1. The van der Waals surface area contributed by atoms with Gasteiger partial charge in [-0.25, -0.2) is 12.8 Å². The van der Waals surface area contributed by atoms with E-state index in [1.807, 2.05) is 6.92 Å². The van der Waals surface area contributed by atoms with Crippen LogP contribution in [0.5, 0.6) is 0 Å². The van der Waals surface area contributed by atoms with Crippen LogP contribution in [0.3, 0.4) is 0 Å². The minimum Gasteiger partial charge on any atom is -0.468 e. The van der Waals surface area contributed by atoms with Gasteiger partial charge in [0.05, 0.1) is 22.2 Å². The molecule has 1 aliphatic rings. The first kappa shape index (κ1) is 23.3. The number of aromatic nitrogens is 1. The van der Waals surface area contributed by atoms with Gasteiger partial charge in [-0.2, -0.15) is 9.30 Å². The largest absolute Gasteiger partial charge is 0.468 e. The number of sulfonamides is 1. The highest BCUT2D eigenvalue weighted by Gasteiger charge is 2.39. The van der Waals surface area contributed by atoms with Crippen molar-refractivity contribution in [1.29, 1.82) is 0 Å². The Bertz CT molecular complexity index is 1390. The van der Waals surface area contributed by atoms with Gasteiger partial charge in [0, 0.05) is 6.54 Å². The van der Waals surface area contributed by atoms with E-state index in [2.05, 4.69) is 4.99 Å². The molecule has 1 aromatic heterocycles. The number of carbonyl (C=O) groups excluding carboxylic acids is 2. The minimum atomic E-state index is -3.88. The first-order chi connectivity index (χ1) is 15.7. The fraction of sp³-hybridized carbons (Fsp3) is 0.318. The summed E-state index contributed by atoms with van der Waals surface area (Å²) >= 11 is 1.04. The molecule has 11 heteroatoms. The molecule has 1 atom stereocenters. The number of carbonyl (C=O) groups is 2. The molecule has 1 amide bonds. The van der Waals surface area contributed by atoms with E-state index in [9.17, 15) is 22.4 Å². The minimum absolute atomic E-state index is 0.117. The molecule has 1 aliphatic heterocycles. The average Bonchev–Trinajstić information content (AvgIpc) is 3.40. The van der Waals surface area contributed by atoms with Gasteiger partial charge in [-0.15, -0.1) is 0 Å². The monoisotopic (exact) mass is 491 g/mol. The molecule has 2 aromatic carbocycles. The van der Waals surface area contributed by atoms with Crippen LogP contribution in [0.25, 0.3) is 10.2 Å². The van der Waals surface area contributed by atoms with Crippen molar-refractivity contribution in [2.75, 3.05) is 13.7 Å². The van der Waals surface area contributed by atoms with E-state index in [0.29, 0.717) is 23.1 Å². The summed E-state index contributed by atoms with van der Waals surface area (Å²) < 4.78 is 47.9. The van der Waals surface area contributed by atoms with E-state index in [-0.39, 0.29) is 22.8 Å². The summed E-state index contributed by atoms with van der Waals surface area (Å²) in [5, 5.41) is 0. The zero-order valence-corrected chi connectivity index (χ0v) is 19.7. The number of methoxy groups -OCH3 is 1. The molecule has 0 saturated carbocycles. The average molecular weight is 492 g/mol. The number of rotatable bonds is 5. The van der Waals surface area contributed by atoms with E-state index < -0.39 is 33.8 Å². The third-order valence-electron chi connectivity index (χ3n) is 5.48. The highest BCUT2D eigenvalue weighted by Crippen LogP contribution is 2.27. The van der Waals surface area contributed by atoms with E-state index in [4.69, 9.17) is 4.74 Å². The molecule has 0 N–H and O–H groups in total. The standard InChI is InChI=1S/C22H22FN3O5S2/c1-14-5-8-16(9-6-14)33(29,30)26-11-3-4-18(26)21(28)24-22-25(13-20(27)31-2)17-10-7-15(23)12-19(17)32-22/h5-10,12,18H,3-4,11,13H2,1-2H3. The van der Waals surface area contributed by atoms with Crippen LogP contribution in [0.4, 0.5) is 4.39 Å². The van der Waals surface area contributed by atoms with Crippen molar-refractivity contribution in [2.45, 2.75) is 37.2 Å². The van der Waals surface area contributed by atoms with Gasteiger partial charge in [-0.05, 0) is 50.1 Å². The number of ether oxygens (including phenoxy) is 1. The van der Waals surface area contributed by atoms with Crippen molar-refractivity contribution in [1.82, 2.24) is 8.87 Å². The predicted octanol–water partition coefficient (Wildman–Crippen LogP) is 2.60. The van der Waals surface area contributed by atoms with Gasteiger partial charge in [-0.3, -0.25) is 9.59 Å². The van der Waals surface area contributed by atoms with Gasteiger partial charge in [-0.1, -0.05) is 29.0 Å². The molecule has 0 radical (unpaired) electrons. The van der Waals surface area contributed by atoms with Crippen molar-refractivity contribution < 1.29 is 27.1 Å². The van der Waals surface area contributed by atoms with Gasteiger partial charge in [0.15, 0.2) is 4.80 Å². The van der Waals surface area contributed by atoms with Crippen LogP contribution in [0.2, 0.25) is 0 Å². The topological polar surface area (TPSA) is 98.0 Å². The summed E-state index contributed by atoms with van der Waals surface area (Å²) in [7, 11) is -2.64. The van der Waals surface area contributed by atoms with Crippen LogP contribution < -0.4 is 4.80 Å². The van der Waals surface area contributed by atoms with Crippen molar-refractivity contribution in [2.24, 2.45) is 4.99 Å². The van der Waals surface area contributed by atoms with Crippen LogP contribution in [-0.2, 0) is 30.9 Å². The van der Waals surface area contributed by atoms with E-state index in [1.165, 1.54) is 46.3 Å². The number of nitrogens with zero attached hydrogens (tertiary/aromatic N) is 3. The summed E-state index contributed by atoms with van der Waals surface area (Å²) in [6.45, 7) is 1.85. The lowest BCUT2D eigenvalue weighted by Gasteiger charge is -2.21. The maximum Gasteiger partial charge on any atom is 0.325 e. The Balaban J connectivity index is 1.73. The van der Waals surface area contributed by atoms with E-state index >= 15 is 0 Å². The molecule has 1 unspecified atom stereocenters. The smallest absolute Gasteiger partial charge is 0.325 e. The normalized spacial score (nSPS) is 17.5. The van der Waals surface area contributed by atoms with Crippen molar-refractivity contribution in [3.63, 3.8) is 0 Å². The van der Waals surface area contributed by atoms with Crippen LogP contribution in [-0.4, -0.2) is 48.9 Å². The number of hydrogen-bond acceptors (Lipinski definition) is 6. The first-order valence-corrected chi connectivity index (χ1v) is 12.5. The van der Waals surface area contributed by atoms with E-state index in [1.54, 1.807) is 12.1 Å². The lowest BCUT2D eigenvalue weighted by Crippen LogP contribution is -2.40. The Morgan fingerprint density at radius 3 is 2.64 bits per heavy atom. The number of hydrogen-bond donors (Lipinski definition) is 0. The fourth-order valence-corrected chi connectivity index (χ4v) is 6.48. The molecule has 0 bridgehead atoms. The second kappa shape index (κ2) is 9.16. The second-order valence-electron chi connectivity index (χ2n) is 7.70. The van der Waals surface area contributed by atoms with Crippen LogP contribution in [0.15, 0.2) is 52.4 Å². The highest BCUT2D eigenvalue weighted by atomic mass is 32.2. The summed E-state index contributed by atoms with van der Waals surface area (Å²) in [6.07, 6.45) is 0.862. The molecular formula is C22H22FN3O5S2. The lowest BCUT2D eigenvalue weighted by atomic mass is 10.2. The molecule has 0 aliphatic carbocycles. The number of aryl methyl sites for hydroxylation is 1.